The molecular formula is C8H12N2O2. The molecule has 0 aliphatic carbocycles. The Morgan fingerprint density at radius 3 is 2.92 bits per heavy atom. The highest BCUT2D eigenvalue weighted by molar-refractivity contribution is 5.85. The van der Waals surface area contributed by atoms with Crippen molar-refractivity contribution in [2.45, 2.75) is 26.3 Å². The number of hydrogen-bond acceptors (Lipinski definition) is 2. The van der Waals surface area contributed by atoms with Gasteiger partial charge in [-0.25, -0.2) is 4.79 Å². The molecule has 0 spiro atoms. The summed E-state index contributed by atoms with van der Waals surface area (Å²) >= 11 is 0. The number of aromatic nitrogens is 2. The molecule has 1 aromatic heterocycles. The summed E-state index contributed by atoms with van der Waals surface area (Å²) in [6.45, 7) is 4.03. The molecule has 1 N–H and O–H groups in total. The average molecular weight is 168 g/mol. The van der Waals surface area contributed by atoms with Crippen LogP contribution in [0.1, 0.15) is 36.8 Å². The molecule has 0 saturated heterocycles. The summed E-state index contributed by atoms with van der Waals surface area (Å²) in [5, 5.41) is 12.5. The molecule has 4 nitrogen and oxygen atoms in total. The minimum atomic E-state index is -0.975. The first kappa shape index (κ1) is 8.77. The van der Waals surface area contributed by atoms with Crippen LogP contribution in [0, 0.1) is 0 Å². The smallest absolute Gasteiger partial charge is 0.356 e. The molecule has 4 heteroatoms. The highest BCUT2D eigenvalue weighted by Crippen LogP contribution is 2.08. The van der Waals surface area contributed by atoms with Crippen molar-refractivity contribution in [3.8, 4) is 0 Å². The Labute approximate surface area is 70.8 Å². The van der Waals surface area contributed by atoms with Gasteiger partial charge in [-0.15, -0.1) is 0 Å². The lowest BCUT2D eigenvalue weighted by Crippen LogP contribution is -2.06. The monoisotopic (exact) mass is 168 g/mol. The number of nitrogens with zero attached hydrogens (tertiary/aromatic N) is 2. The number of carboxylic acid groups (broad SMARTS) is 1. The van der Waals surface area contributed by atoms with Gasteiger partial charge in [0, 0.05) is 12.2 Å². The van der Waals surface area contributed by atoms with Gasteiger partial charge < -0.3 is 5.11 Å². The molecular weight excluding hydrogens is 156 g/mol. The van der Waals surface area contributed by atoms with Crippen LogP contribution < -0.4 is 0 Å². The Kier molecular flexibility index (Phi) is 2.47. The molecule has 12 heavy (non-hydrogen) atoms. The molecule has 0 radical (unpaired) electrons. The van der Waals surface area contributed by atoms with Gasteiger partial charge in [0.25, 0.3) is 0 Å². The van der Waals surface area contributed by atoms with Crippen molar-refractivity contribution in [2.24, 2.45) is 0 Å². The Hall–Kier alpha value is -1.32. The van der Waals surface area contributed by atoms with Crippen LogP contribution in [-0.2, 0) is 0 Å². The molecule has 0 amide bonds. The van der Waals surface area contributed by atoms with Gasteiger partial charge in [0.05, 0.1) is 0 Å². The molecule has 0 aliphatic heterocycles. The zero-order chi connectivity index (χ0) is 9.14. The predicted octanol–water partition coefficient (Wildman–Crippen LogP) is 1.55. The fraction of sp³-hybridized carbons (Fsp3) is 0.500. The first-order valence-corrected chi connectivity index (χ1v) is 3.93. The first-order valence-electron chi connectivity index (χ1n) is 3.93. The van der Waals surface area contributed by atoms with Gasteiger partial charge in [-0.05, 0) is 19.4 Å². The van der Waals surface area contributed by atoms with Crippen LogP contribution in [0.5, 0.6) is 0 Å². The number of aromatic carboxylic acids is 1. The van der Waals surface area contributed by atoms with Crippen LogP contribution in [0.3, 0.4) is 0 Å². The van der Waals surface area contributed by atoms with Gasteiger partial charge in [-0.1, -0.05) is 6.92 Å². The normalized spacial score (nSPS) is 12.8. The van der Waals surface area contributed by atoms with Crippen molar-refractivity contribution in [3.05, 3.63) is 18.0 Å². The molecule has 1 heterocycles. The van der Waals surface area contributed by atoms with E-state index >= 15 is 0 Å². The lowest BCUT2D eigenvalue weighted by molar-refractivity contribution is 0.0689. The minimum absolute atomic E-state index is 0.107. The number of rotatable bonds is 3. The third kappa shape index (κ3) is 1.64. The summed E-state index contributed by atoms with van der Waals surface area (Å²) in [5.74, 6) is -0.975. The number of hydrogen-bond donors (Lipinski definition) is 1. The average Bonchev–Trinajstić information content (AvgIpc) is 2.51. The molecule has 0 aliphatic rings. The van der Waals surface area contributed by atoms with Gasteiger partial charge in [-0.2, -0.15) is 5.10 Å². The molecule has 0 fully saturated rings. The Bertz CT molecular complexity index is 280. The minimum Gasteiger partial charge on any atom is -0.476 e. The van der Waals surface area contributed by atoms with E-state index in [1.165, 1.54) is 6.07 Å². The zero-order valence-electron chi connectivity index (χ0n) is 7.19. The van der Waals surface area contributed by atoms with Crippen LogP contribution in [0.2, 0.25) is 0 Å². The standard InChI is InChI=1S/C8H12N2O2/c1-3-6(2)10-5-4-7(9-10)8(11)12/h4-6H,3H2,1-2H3,(H,11,12)/t6-/m0/s1. The fourth-order valence-corrected chi connectivity index (χ4v) is 0.885. The third-order valence-electron chi connectivity index (χ3n) is 1.87. The quantitative estimate of drug-likeness (QED) is 0.745. The summed E-state index contributed by atoms with van der Waals surface area (Å²) < 4.78 is 1.67. The maximum Gasteiger partial charge on any atom is 0.356 e. The third-order valence-corrected chi connectivity index (χ3v) is 1.87. The molecule has 66 valence electrons. The van der Waals surface area contributed by atoms with E-state index in [0.717, 1.165) is 6.42 Å². The second-order valence-corrected chi connectivity index (χ2v) is 2.74. The molecule has 0 bridgehead atoms. The second-order valence-electron chi connectivity index (χ2n) is 2.74. The van der Waals surface area contributed by atoms with Gasteiger partial charge in [-0.3, -0.25) is 4.68 Å². The summed E-state index contributed by atoms with van der Waals surface area (Å²) in [4.78, 5) is 10.4. The Balaban J connectivity index is 2.84. The summed E-state index contributed by atoms with van der Waals surface area (Å²) in [6.07, 6.45) is 2.64. The van der Waals surface area contributed by atoms with E-state index in [2.05, 4.69) is 5.10 Å². The van der Waals surface area contributed by atoms with Gasteiger partial charge >= 0.3 is 5.97 Å². The largest absolute Gasteiger partial charge is 0.476 e. The van der Waals surface area contributed by atoms with Crippen LogP contribution in [0.4, 0.5) is 0 Å². The molecule has 0 aromatic carbocycles. The molecule has 0 unspecified atom stereocenters. The first-order chi connectivity index (χ1) is 5.65. The molecule has 1 aromatic rings. The zero-order valence-corrected chi connectivity index (χ0v) is 7.19. The number of carbonyl (C=O) groups is 1. The lowest BCUT2D eigenvalue weighted by Gasteiger charge is -2.07. The molecule has 1 rings (SSSR count). The Morgan fingerprint density at radius 1 is 1.83 bits per heavy atom. The van der Waals surface area contributed by atoms with Crippen LogP contribution in [0.15, 0.2) is 12.3 Å². The highest BCUT2D eigenvalue weighted by atomic mass is 16.4. The van der Waals surface area contributed by atoms with Gasteiger partial charge in [0.1, 0.15) is 0 Å². The van der Waals surface area contributed by atoms with Crippen molar-refractivity contribution in [3.63, 3.8) is 0 Å². The predicted molar refractivity (Wildman–Crippen MR) is 44.2 cm³/mol. The second kappa shape index (κ2) is 3.38. The van der Waals surface area contributed by atoms with Gasteiger partial charge in [0.2, 0.25) is 0 Å². The van der Waals surface area contributed by atoms with E-state index in [1.807, 2.05) is 13.8 Å². The van der Waals surface area contributed by atoms with Crippen LogP contribution >= 0.6 is 0 Å². The van der Waals surface area contributed by atoms with Crippen molar-refractivity contribution < 1.29 is 9.90 Å². The van der Waals surface area contributed by atoms with Gasteiger partial charge in [0.15, 0.2) is 5.69 Å². The molecule has 0 saturated carbocycles. The van der Waals surface area contributed by atoms with E-state index in [9.17, 15) is 4.79 Å². The van der Waals surface area contributed by atoms with E-state index in [1.54, 1.807) is 10.9 Å². The Morgan fingerprint density at radius 2 is 2.50 bits per heavy atom. The maximum absolute atomic E-state index is 10.4. The van der Waals surface area contributed by atoms with E-state index in [4.69, 9.17) is 5.11 Å². The van der Waals surface area contributed by atoms with Crippen LogP contribution in [0.25, 0.3) is 0 Å². The van der Waals surface area contributed by atoms with E-state index in [-0.39, 0.29) is 11.7 Å². The SMILES string of the molecule is CC[C@H](C)n1ccc(C(=O)O)n1. The summed E-state index contributed by atoms with van der Waals surface area (Å²) in [5.41, 5.74) is 0.107. The van der Waals surface area contributed by atoms with E-state index < -0.39 is 5.97 Å². The van der Waals surface area contributed by atoms with Crippen LogP contribution in [-0.4, -0.2) is 20.9 Å². The van der Waals surface area contributed by atoms with E-state index in [0.29, 0.717) is 0 Å². The van der Waals surface area contributed by atoms with Crippen molar-refractivity contribution in [2.75, 3.05) is 0 Å². The number of carboxylic acids is 1. The highest BCUT2D eigenvalue weighted by Gasteiger charge is 2.08. The summed E-state index contributed by atoms with van der Waals surface area (Å²) in [6, 6.07) is 1.77. The van der Waals surface area contributed by atoms with Crippen molar-refractivity contribution >= 4 is 5.97 Å². The van der Waals surface area contributed by atoms with Crippen molar-refractivity contribution in [1.82, 2.24) is 9.78 Å². The topological polar surface area (TPSA) is 55.1 Å². The fourth-order valence-electron chi connectivity index (χ4n) is 0.885. The molecule has 1 atom stereocenters. The lowest BCUT2D eigenvalue weighted by atomic mass is 10.3. The summed E-state index contributed by atoms with van der Waals surface area (Å²) in [7, 11) is 0. The maximum atomic E-state index is 10.4. The van der Waals surface area contributed by atoms with Crippen molar-refractivity contribution in [1.29, 1.82) is 0 Å².